The smallest absolute Gasteiger partial charge is 0.116 e. The first-order valence-corrected chi connectivity index (χ1v) is 2.87. The van der Waals surface area contributed by atoms with E-state index < -0.39 is 0 Å². The van der Waals surface area contributed by atoms with E-state index >= 15 is 0 Å². The Morgan fingerprint density at radius 2 is 1.42 bits per heavy atom. The third kappa shape index (κ3) is 1.49. The first kappa shape index (κ1) is 10.3. The summed E-state index contributed by atoms with van der Waals surface area (Å²) in [5.41, 5.74) is 1.40. The van der Waals surface area contributed by atoms with E-state index in [1.807, 2.05) is 12.1 Å². The van der Waals surface area contributed by atoms with Crippen LogP contribution in [-0.4, -0.2) is 20.4 Å². The number of hydrogen-bond acceptors (Lipinski definition) is 5. The van der Waals surface area contributed by atoms with Gasteiger partial charge in [-0.05, 0) is 17.1 Å². The van der Waals surface area contributed by atoms with E-state index in [2.05, 4.69) is 10.2 Å². The van der Waals surface area contributed by atoms with Crippen molar-refractivity contribution in [1.29, 1.82) is 0 Å². The zero-order valence-electron chi connectivity index (χ0n) is 6.51. The van der Waals surface area contributed by atoms with Crippen molar-refractivity contribution in [3.05, 3.63) is 24.3 Å². The van der Waals surface area contributed by atoms with Gasteiger partial charge in [0, 0.05) is 0 Å². The average Bonchev–Trinajstić information content (AvgIpc) is 2.27. The predicted octanol–water partition coefficient (Wildman–Crippen LogP) is 0.993. The first-order chi connectivity index (χ1) is 4.86. The molecule has 0 aliphatic carbocycles. The van der Waals surface area contributed by atoms with Crippen LogP contribution >= 0.6 is 0 Å². The van der Waals surface area contributed by atoms with Crippen LogP contribution in [-0.2, 0) is 0 Å². The lowest BCUT2D eigenvalue weighted by atomic mass is 10.3. The second-order valence-corrected chi connectivity index (χ2v) is 1.96. The average molecular weight is 169 g/mol. The standard InChI is InChI=1S/C6H5N3O.2H3N/c10-9-7-5-3-1-2-4-6(5)8-9;;/h1-4,10H;2*1H3. The molecule has 0 unspecified atom stereocenters. The lowest BCUT2D eigenvalue weighted by molar-refractivity contribution is 0.113. The monoisotopic (exact) mass is 169 g/mol. The quantitative estimate of drug-likeness (QED) is 0.508. The molecule has 0 amide bonds. The van der Waals surface area contributed by atoms with Gasteiger partial charge in [0.2, 0.25) is 0 Å². The number of nitrogens with zero attached hydrogens (tertiary/aromatic N) is 3. The number of fused-ring (bicyclic) bond motifs is 1. The van der Waals surface area contributed by atoms with E-state index in [4.69, 9.17) is 5.21 Å². The van der Waals surface area contributed by atoms with Crippen LogP contribution in [0.2, 0.25) is 0 Å². The van der Waals surface area contributed by atoms with Crippen LogP contribution < -0.4 is 12.3 Å². The molecule has 1 heterocycles. The lowest BCUT2D eigenvalue weighted by Crippen LogP contribution is -1.92. The zero-order chi connectivity index (χ0) is 6.97. The second-order valence-electron chi connectivity index (χ2n) is 1.96. The molecule has 0 spiro atoms. The summed E-state index contributed by atoms with van der Waals surface area (Å²) >= 11 is 0. The molecule has 7 N–H and O–H groups in total. The Bertz CT molecular complexity index is 324. The van der Waals surface area contributed by atoms with Crippen molar-refractivity contribution in [3.63, 3.8) is 0 Å². The Kier molecular flexibility index (Phi) is 3.15. The first-order valence-electron chi connectivity index (χ1n) is 2.87. The van der Waals surface area contributed by atoms with Gasteiger partial charge in [-0.3, -0.25) is 0 Å². The minimum absolute atomic E-state index is 0. The summed E-state index contributed by atoms with van der Waals surface area (Å²) in [6, 6.07) is 7.26. The molecule has 0 radical (unpaired) electrons. The minimum Gasteiger partial charge on any atom is -0.396 e. The highest BCUT2D eigenvalue weighted by Gasteiger charge is 1.96. The highest BCUT2D eigenvalue weighted by atomic mass is 16.5. The van der Waals surface area contributed by atoms with E-state index in [0.29, 0.717) is 16.0 Å². The molecule has 1 aromatic heterocycles. The molecule has 1 aromatic carbocycles. The Morgan fingerprint density at radius 3 is 1.83 bits per heavy atom. The largest absolute Gasteiger partial charge is 0.396 e. The molecule has 0 atom stereocenters. The normalized spacial score (nSPS) is 8.67. The van der Waals surface area contributed by atoms with E-state index in [1.54, 1.807) is 12.1 Å². The number of benzene rings is 1. The fourth-order valence-electron chi connectivity index (χ4n) is 0.848. The highest BCUT2D eigenvalue weighted by molar-refractivity contribution is 5.72. The third-order valence-electron chi connectivity index (χ3n) is 1.28. The molecule has 2 rings (SSSR count). The Hall–Kier alpha value is -1.66. The summed E-state index contributed by atoms with van der Waals surface area (Å²) in [4.78, 5) is 0.574. The molecule has 0 saturated heterocycles. The molecule has 12 heavy (non-hydrogen) atoms. The summed E-state index contributed by atoms with van der Waals surface area (Å²) < 4.78 is 0. The number of hydrogen-bond donors (Lipinski definition) is 3. The maximum Gasteiger partial charge on any atom is 0.116 e. The minimum atomic E-state index is 0. The number of rotatable bonds is 0. The Labute approximate surface area is 68.9 Å². The van der Waals surface area contributed by atoms with Crippen molar-refractivity contribution < 1.29 is 5.21 Å². The van der Waals surface area contributed by atoms with Gasteiger partial charge in [-0.25, -0.2) is 0 Å². The van der Waals surface area contributed by atoms with Gasteiger partial charge in [0.1, 0.15) is 11.0 Å². The lowest BCUT2D eigenvalue weighted by Gasteiger charge is -1.77. The van der Waals surface area contributed by atoms with Crippen LogP contribution in [0, 0.1) is 0 Å². The van der Waals surface area contributed by atoms with Gasteiger partial charge < -0.3 is 17.5 Å². The molecular formula is C6H11N5O. The van der Waals surface area contributed by atoms with Gasteiger partial charge in [0.25, 0.3) is 0 Å². The van der Waals surface area contributed by atoms with Crippen molar-refractivity contribution in [2.75, 3.05) is 0 Å². The summed E-state index contributed by atoms with van der Waals surface area (Å²) in [6.45, 7) is 0. The maximum absolute atomic E-state index is 8.75. The van der Waals surface area contributed by atoms with Gasteiger partial charge in [0.05, 0.1) is 0 Å². The molecule has 2 aromatic rings. The molecular weight excluding hydrogens is 158 g/mol. The van der Waals surface area contributed by atoms with Gasteiger partial charge in [-0.15, -0.1) is 10.2 Å². The highest BCUT2D eigenvalue weighted by Crippen LogP contribution is 2.05. The molecule has 0 saturated carbocycles. The molecule has 6 heteroatoms. The van der Waals surface area contributed by atoms with Crippen molar-refractivity contribution in [2.24, 2.45) is 0 Å². The summed E-state index contributed by atoms with van der Waals surface area (Å²) in [7, 11) is 0. The SMILES string of the molecule is N.N.On1nc2ccccc2n1. The summed E-state index contributed by atoms with van der Waals surface area (Å²) in [5.74, 6) is 0. The Morgan fingerprint density at radius 1 is 1.00 bits per heavy atom. The van der Waals surface area contributed by atoms with Gasteiger partial charge in [-0.1, -0.05) is 12.1 Å². The molecule has 0 fully saturated rings. The van der Waals surface area contributed by atoms with Crippen molar-refractivity contribution in [2.45, 2.75) is 0 Å². The third-order valence-corrected chi connectivity index (χ3v) is 1.28. The molecule has 0 aliphatic heterocycles. The van der Waals surface area contributed by atoms with E-state index in [1.165, 1.54) is 0 Å². The maximum atomic E-state index is 8.75. The van der Waals surface area contributed by atoms with Crippen LogP contribution in [0.5, 0.6) is 0 Å². The second kappa shape index (κ2) is 3.65. The van der Waals surface area contributed by atoms with E-state index in [9.17, 15) is 0 Å². The van der Waals surface area contributed by atoms with Gasteiger partial charge in [-0.2, -0.15) is 0 Å². The van der Waals surface area contributed by atoms with Crippen molar-refractivity contribution in [3.8, 4) is 0 Å². The topological polar surface area (TPSA) is 121 Å². The number of aromatic nitrogens is 3. The van der Waals surface area contributed by atoms with Crippen LogP contribution in [0.3, 0.4) is 0 Å². The molecule has 6 nitrogen and oxygen atoms in total. The van der Waals surface area contributed by atoms with Crippen molar-refractivity contribution in [1.82, 2.24) is 27.5 Å². The zero-order valence-corrected chi connectivity index (χ0v) is 6.51. The fraction of sp³-hybridized carbons (Fsp3) is 0. The van der Waals surface area contributed by atoms with Crippen molar-refractivity contribution >= 4 is 11.0 Å². The molecule has 66 valence electrons. The summed E-state index contributed by atoms with van der Waals surface area (Å²) in [5, 5.41) is 16.1. The van der Waals surface area contributed by atoms with Crippen LogP contribution in [0.15, 0.2) is 24.3 Å². The Balaban J connectivity index is 0.000000605. The predicted molar refractivity (Wildman–Crippen MR) is 44.8 cm³/mol. The van der Waals surface area contributed by atoms with Crippen LogP contribution in [0.4, 0.5) is 0 Å². The van der Waals surface area contributed by atoms with Crippen LogP contribution in [0.25, 0.3) is 11.0 Å². The fourth-order valence-corrected chi connectivity index (χ4v) is 0.848. The van der Waals surface area contributed by atoms with Gasteiger partial charge in [0.15, 0.2) is 0 Å². The molecule has 0 bridgehead atoms. The van der Waals surface area contributed by atoms with Gasteiger partial charge >= 0.3 is 0 Å². The van der Waals surface area contributed by atoms with Crippen LogP contribution in [0.1, 0.15) is 0 Å². The van der Waals surface area contributed by atoms with E-state index in [-0.39, 0.29) is 12.3 Å². The summed E-state index contributed by atoms with van der Waals surface area (Å²) in [6.07, 6.45) is 0. The molecule has 0 aliphatic rings. The van der Waals surface area contributed by atoms with E-state index in [0.717, 1.165) is 0 Å².